The van der Waals surface area contributed by atoms with Gasteiger partial charge in [-0.05, 0) is 18.6 Å². The van der Waals surface area contributed by atoms with E-state index in [1.165, 1.54) is 4.68 Å². The SMILES string of the molecule is Cc1cccc2nn(CC(=O)O)cc12. The summed E-state index contributed by atoms with van der Waals surface area (Å²) in [5.74, 6) is -0.879. The number of hydrogen-bond donors (Lipinski definition) is 1. The van der Waals surface area contributed by atoms with E-state index in [-0.39, 0.29) is 6.54 Å². The summed E-state index contributed by atoms with van der Waals surface area (Å²) in [6, 6.07) is 5.77. The molecular weight excluding hydrogens is 180 g/mol. The second-order valence-electron chi connectivity index (χ2n) is 3.23. The van der Waals surface area contributed by atoms with Crippen LogP contribution in [0.5, 0.6) is 0 Å². The molecule has 1 N–H and O–H groups in total. The van der Waals surface area contributed by atoms with Crippen molar-refractivity contribution in [1.82, 2.24) is 9.78 Å². The van der Waals surface area contributed by atoms with E-state index >= 15 is 0 Å². The summed E-state index contributed by atoms with van der Waals surface area (Å²) in [5.41, 5.74) is 1.95. The zero-order valence-corrected chi connectivity index (χ0v) is 7.77. The number of hydrogen-bond acceptors (Lipinski definition) is 2. The normalized spacial score (nSPS) is 10.6. The lowest BCUT2D eigenvalue weighted by Crippen LogP contribution is -2.08. The Kier molecular flexibility index (Phi) is 1.96. The van der Waals surface area contributed by atoms with E-state index in [2.05, 4.69) is 5.10 Å². The molecule has 0 aliphatic carbocycles. The van der Waals surface area contributed by atoms with E-state index in [0.717, 1.165) is 16.5 Å². The third-order valence-corrected chi connectivity index (χ3v) is 2.11. The summed E-state index contributed by atoms with van der Waals surface area (Å²) in [6.07, 6.45) is 1.76. The number of carboxylic acid groups (broad SMARTS) is 1. The van der Waals surface area contributed by atoms with Crippen LogP contribution in [0.1, 0.15) is 5.56 Å². The predicted molar refractivity (Wildman–Crippen MR) is 52.1 cm³/mol. The summed E-state index contributed by atoms with van der Waals surface area (Å²) >= 11 is 0. The van der Waals surface area contributed by atoms with Gasteiger partial charge in [-0.3, -0.25) is 9.48 Å². The van der Waals surface area contributed by atoms with Crippen LogP contribution >= 0.6 is 0 Å². The molecule has 4 nitrogen and oxygen atoms in total. The third kappa shape index (κ3) is 1.46. The molecule has 1 aromatic carbocycles. The first-order valence-electron chi connectivity index (χ1n) is 4.31. The van der Waals surface area contributed by atoms with Crippen LogP contribution in [-0.4, -0.2) is 20.9 Å². The topological polar surface area (TPSA) is 55.1 Å². The zero-order valence-electron chi connectivity index (χ0n) is 7.77. The second-order valence-corrected chi connectivity index (χ2v) is 3.23. The number of aryl methyl sites for hydroxylation is 1. The van der Waals surface area contributed by atoms with Crippen LogP contribution < -0.4 is 0 Å². The molecule has 14 heavy (non-hydrogen) atoms. The summed E-state index contributed by atoms with van der Waals surface area (Å²) in [5, 5.41) is 13.8. The average molecular weight is 190 g/mol. The molecule has 0 radical (unpaired) electrons. The van der Waals surface area contributed by atoms with Gasteiger partial charge in [0.1, 0.15) is 6.54 Å². The van der Waals surface area contributed by atoms with Crippen molar-refractivity contribution in [2.45, 2.75) is 13.5 Å². The van der Waals surface area contributed by atoms with Crippen LogP contribution in [0.15, 0.2) is 24.4 Å². The molecule has 4 heteroatoms. The number of aromatic nitrogens is 2. The molecule has 0 aliphatic rings. The summed E-state index contributed by atoms with van der Waals surface area (Å²) in [4.78, 5) is 10.5. The summed E-state index contributed by atoms with van der Waals surface area (Å²) in [6.45, 7) is 1.89. The third-order valence-electron chi connectivity index (χ3n) is 2.11. The number of aliphatic carboxylic acids is 1. The van der Waals surface area contributed by atoms with E-state index < -0.39 is 5.97 Å². The molecule has 0 amide bonds. The highest BCUT2D eigenvalue weighted by Gasteiger charge is 2.04. The Bertz CT molecular complexity index is 488. The van der Waals surface area contributed by atoms with Gasteiger partial charge in [-0.1, -0.05) is 12.1 Å². The summed E-state index contributed by atoms with van der Waals surface area (Å²) < 4.78 is 1.44. The maximum atomic E-state index is 10.5. The molecule has 2 rings (SSSR count). The lowest BCUT2D eigenvalue weighted by molar-refractivity contribution is -0.137. The van der Waals surface area contributed by atoms with Crippen molar-refractivity contribution in [1.29, 1.82) is 0 Å². The van der Waals surface area contributed by atoms with Crippen LogP contribution in [-0.2, 0) is 11.3 Å². The standard InChI is InChI=1S/C10H10N2O2/c1-7-3-2-4-9-8(7)5-12(11-9)6-10(13)14/h2-5H,6H2,1H3,(H,13,14). The Labute approximate surface area is 80.8 Å². The first kappa shape index (κ1) is 8.74. The molecule has 1 heterocycles. The Hall–Kier alpha value is -1.84. The maximum Gasteiger partial charge on any atom is 0.325 e. The lowest BCUT2D eigenvalue weighted by Gasteiger charge is -1.92. The first-order chi connectivity index (χ1) is 6.66. The van der Waals surface area contributed by atoms with E-state index in [9.17, 15) is 4.79 Å². The minimum absolute atomic E-state index is 0.0892. The molecule has 72 valence electrons. The monoisotopic (exact) mass is 190 g/mol. The quantitative estimate of drug-likeness (QED) is 0.779. The highest BCUT2D eigenvalue weighted by Crippen LogP contribution is 2.15. The van der Waals surface area contributed by atoms with Gasteiger partial charge in [0.25, 0.3) is 0 Å². The number of nitrogens with zero attached hydrogens (tertiary/aromatic N) is 2. The maximum absolute atomic E-state index is 10.5. The molecule has 0 saturated carbocycles. The van der Waals surface area contributed by atoms with Crippen molar-refractivity contribution in [2.75, 3.05) is 0 Å². The molecule has 2 aromatic rings. The van der Waals surface area contributed by atoms with Crippen molar-refractivity contribution < 1.29 is 9.90 Å². The van der Waals surface area contributed by atoms with Crippen molar-refractivity contribution in [3.63, 3.8) is 0 Å². The van der Waals surface area contributed by atoms with Gasteiger partial charge in [0.15, 0.2) is 0 Å². The van der Waals surface area contributed by atoms with E-state index in [1.54, 1.807) is 6.20 Å². The van der Waals surface area contributed by atoms with E-state index in [0.29, 0.717) is 0 Å². The highest BCUT2D eigenvalue weighted by molar-refractivity contribution is 5.81. The van der Waals surface area contributed by atoms with Crippen molar-refractivity contribution in [3.05, 3.63) is 30.0 Å². The van der Waals surface area contributed by atoms with Gasteiger partial charge in [-0.2, -0.15) is 5.10 Å². The fourth-order valence-electron chi connectivity index (χ4n) is 1.46. The zero-order chi connectivity index (χ0) is 10.1. The lowest BCUT2D eigenvalue weighted by atomic mass is 10.1. The Balaban J connectivity index is 2.51. The number of rotatable bonds is 2. The Morgan fingerprint density at radius 2 is 2.36 bits per heavy atom. The van der Waals surface area contributed by atoms with Crippen LogP contribution in [0.25, 0.3) is 10.9 Å². The molecule has 0 atom stereocenters. The average Bonchev–Trinajstić information content (AvgIpc) is 2.47. The molecule has 0 unspecified atom stereocenters. The number of carbonyl (C=O) groups is 1. The Morgan fingerprint density at radius 3 is 3.00 bits per heavy atom. The van der Waals surface area contributed by atoms with Gasteiger partial charge in [-0.15, -0.1) is 0 Å². The molecule has 0 fully saturated rings. The van der Waals surface area contributed by atoms with Crippen LogP contribution in [0, 0.1) is 6.92 Å². The van der Waals surface area contributed by atoms with Crippen LogP contribution in [0.2, 0.25) is 0 Å². The molecule has 0 saturated heterocycles. The van der Waals surface area contributed by atoms with Gasteiger partial charge in [-0.25, -0.2) is 0 Å². The van der Waals surface area contributed by atoms with Crippen LogP contribution in [0.4, 0.5) is 0 Å². The van der Waals surface area contributed by atoms with E-state index in [1.807, 2.05) is 25.1 Å². The molecule has 0 spiro atoms. The second kappa shape index (κ2) is 3.14. The number of fused-ring (bicyclic) bond motifs is 1. The van der Waals surface area contributed by atoms with Crippen molar-refractivity contribution >= 4 is 16.9 Å². The molecule has 0 aliphatic heterocycles. The largest absolute Gasteiger partial charge is 0.480 e. The van der Waals surface area contributed by atoms with Crippen LogP contribution in [0.3, 0.4) is 0 Å². The number of benzene rings is 1. The van der Waals surface area contributed by atoms with Gasteiger partial charge in [0.05, 0.1) is 5.52 Å². The summed E-state index contributed by atoms with van der Waals surface area (Å²) in [7, 11) is 0. The van der Waals surface area contributed by atoms with Crippen molar-refractivity contribution in [3.8, 4) is 0 Å². The minimum atomic E-state index is -0.879. The van der Waals surface area contributed by atoms with Crippen molar-refractivity contribution in [2.24, 2.45) is 0 Å². The fourth-order valence-corrected chi connectivity index (χ4v) is 1.46. The van der Waals surface area contributed by atoms with Gasteiger partial charge in [0.2, 0.25) is 0 Å². The molecular formula is C10H10N2O2. The number of carboxylic acids is 1. The first-order valence-corrected chi connectivity index (χ1v) is 4.31. The van der Waals surface area contributed by atoms with Gasteiger partial charge >= 0.3 is 5.97 Å². The smallest absolute Gasteiger partial charge is 0.325 e. The molecule has 1 aromatic heterocycles. The highest BCUT2D eigenvalue weighted by atomic mass is 16.4. The Morgan fingerprint density at radius 1 is 1.57 bits per heavy atom. The fraction of sp³-hybridized carbons (Fsp3) is 0.200. The van der Waals surface area contributed by atoms with E-state index in [4.69, 9.17) is 5.11 Å². The minimum Gasteiger partial charge on any atom is -0.480 e. The predicted octanol–water partition coefficient (Wildman–Crippen LogP) is 1.43. The molecule has 0 bridgehead atoms. The van der Waals surface area contributed by atoms with Gasteiger partial charge < -0.3 is 5.11 Å². The van der Waals surface area contributed by atoms with Gasteiger partial charge in [0, 0.05) is 11.6 Å².